The van der Waals surface area contributed by atoms with E-state index in [1.54, 1.807) is 17.0 Å². The molecule has 1 aliphatic heterocycles. The summed E-state index contributed by atoms with van der Waals surface area (Å²) in [6.07, 6.45) is 0. The Bertz CT molecular complexity index is 1090. The molecule has 5 nitrogen and oxygen atoms in total. The highest BCUT2D eigenvalue weighted by molar-refractivity contribution is 5.94. The van der Waals surface area contributed by atoms with Crippen molar-refractivity contribution in [3.05, 3.63) is 76.7 Å². The molecule has 1 aromatic heterocycles. The third-order valence-corrected chi connectivity index (χ3v) is 5.61. The molecule has 3 aromatic rings. The van der Waals surface area contributed by atoms with E-state index in [9.17, 15) is 9.18 Å². The molecule has 1 saturated heterocycles. The molecular formula is C24H25FN4O. The maximum atomic E-state index is 14.0. The van der Waals surface area contributed by atoms with Crippen molar-refractivity contribution in [2.75, 3.05) is 31.1 Å². The minimum atomic E-state index is -0.477. The van der Waals surface area contributed by atoms with Crippen LogP contribution in [-0.2, 0) is 0 Å². The zero-order valence-electron chi connectivity index (χ0n) is 17.5. The van der Waals surface area contributed by atoms with Gasteiger partial charge in [-0.1, -0.05) is 35.9 Å². The van der Waals surface area contributed by atoms with Gasteiger partial charge in [0.25, 0.3) is 5.91 Å². The van der Waals surface area contributed by atoms with Crippen molar-refractivity contribution in [2.45, 2.75) is 20.8 Å². The lowest BCUT2D eigenvalue weighted by Gasteiger charge is -2.36. The van der Waals surface area contributed by atoms with Crippen molar-refractivity contribution >= 4 is 11.7 Å². The minimum absolute atomic E-state index is 0.127. The predicted octanol–water partition coefficient (Wildman–Crippen LogP) is 4.17. The van der Waals surface area contributed by atoms with Crippen LogP contribution in [-0.4, -0.2) is 47.0 Å². The van der Waals surface area contributed by atoms with E-state index in [0.29, 0.717) is 32.0 Å². The molecule has 0 saturated carbocycles. The molecule has 0 N–H and O–H groups in total. The second-order valence-corrected chi connectivity index (χ2v) is 7.71. The van der Waals surface area contributed by atoms with E-state index in [1.807, 2.05) is 26.0 Å². The van der Waals surface area contributed by atoms with Crippen LogP contribution in [0.1, 0.15) is 27.2 Å². The number of hydrogen-bond acceptors (Lipinski definition) is 4. The molecule has 0 bridgehead atoms. The number of carbonyl (C=O) groups is 1. The number of anilines is 1. The van der Waals surface area contributed by atoms with Gasteiger partial charge in [0.15, 0.2) is 5.82 Å². The third kappa shape index (κ3) is 3.90. The molecule has 4 rings (SSSR count). The zero-order valence-corrected chi connectivity index (χ0v) is 17.5. The monoisotopic (exact) mass is 404 g/mol. The van der Waals surface area contributed by atoms with Crippen LogP contribution >= 0.6 is 0 Å². The fourth-order valence-corrected chi connectivity index (χ4v) is 3.76. The van der Waals surface area contributed by atoms with E-state index < -0.39 is 5.82 Å². The zero-order chi connectivity index (χ0) is 21.3. The molecule has 1 aliphatic rings. The van der Waals surface area contributed by atoms with Crippen LogP contribution in [0.3, 0.4) is 0 Å². The first kappa shape index (κ1) is 20.0. The SMILES string of the molecule is Cc1cccc(-c2nc(C)c(C)c(N3CCN(C(=O)c4ccccc4F)CC3)n2)c1. The number of aryl methyl sites for hydroxylation is 2. The average molecular weight is 404 g/mol. The largest absolute Gasteiger partial charge is 0.353 e. The molecule has 30 heavy (non-hydrogen) atoms. The van der Waals surface area contributed by atoms with Gasteiger partial charge in [-0.05, 0) is 39.0 Å². The summed E-state index contributed by atoms with van der Waals surface area (Å²) < 4.78 is 14.0. The number of hydrogen-bond donors (Lipinski definition) is 0. The van der Waals surface area contributed by atoms with Gasteiger partial charge in [-0.2, -0.15) is 0 Å². The second-order valence-electron chi connectivity index (χ2n) is 7.71. The first-order valence-corrected chi connectivity index (χ1v) is 10.1. The molecule has 154 valence electrons. The Kier molecular flexibility index (Phi) is 5.48. The molecule has 2 aromatic carbocycles. The summed E-state index contributed by atoms with van der Waals surface area (Å²) >= 11 is 0. The molecular weight excluding hydrogens is 379 g/mol. The lowest BCUT2D eigenvalue weighted by atomic mass is 10.1. The Hall–Kier alpha value is -3.28. The molecule has 1 fully saturated rings. The second kappa shape index (κ2) is 8.22. The van der Waals surface area contributed by atoms with Gasteiger partial charge < -0.3 is 9.80 Å². The first-order valence-electron chi connectivity index (χ1n) is 10.1. The summed E-state index contributed by atoms with van der Waals surface area (Å²) in [5.41, 5.74) is 4.27. The standard InChI is InChI=1S/C24H25FN4O/c1-16-7-6-8-19(15-16)22-26-18(3)17(2)23(27-22)28-11-13-29(14-12-28)24(30)20-9-4-5-10-21(20)25/h4-10,15H,11-14H2,1-3H3. The Morgan fingerprint density at radius 3 is 2.37 bits per heavy atom. The topological polar surface area (TPSA) is 49.3 Å². The van der Waals surface area contributed by atoms with Crippen molar-refractivity contribution < 1.29 is 9.18 Å². The molecule has 0 aliphatic carbocycles. The van der Waals surface area contributed by atoms with Crippen LogP contribution in [0.4, 0.5) is 10.2 Å². The van der Waals surface area contributed by atoms with Gasteiger partial charge >= 0.3 is 0 Å². The summed E-state index contributed by atoms with van der Waals surface area (Å²) in [5, 5.41) is 0. The number of halogens is 1. The van der Waals surface area contributed by atoms with Gasteiger partial charge in [0.05, 0.1) is 5.56 Å². The van der Waals surface area contributed by atoms with Crippen LogP contribution in [0.5, 0.6) is 0 Å². The summed E-state index contributed by atoms with van der Waals surface area (Å²) in [7, 11) is 0. The number of nitrogens with zero attached hydrogens (tertiary/aromatic N) is 4. The Morgan fingerprint density at radius 2 is 1.67 bits per heavy atom. The summed E-state index contributed by atoms with van der Waals surface area (Å²) in [6, 6.07) is 14.3. The van der Waals surface area contributed by atoms with Crippen LogP contribution in [0.25, 0.3) is 11.4 Å². The van der Waals surface area contributed by atoms with Gasteiger partial charge in [-0.15, -0.1) is 0 Å². The quantitative estimate of drug-likeness (QED) is 0.657. The van der Waals surface area contributed by atoms with Crippen LogP contribution in [0.15, 0.2) is 48.5 Å². The van der Waals surface area contributed by atoms with E-state index in [-0.39, 0.29) is 11.5 Å². The van der Waals surface area contributed by atoms with Crippen molar-refractivity contribution in [1.82, 2.24) is 14.9 Å². The smallest absolute Gasteiger partial charge is 0.256 e. The van der Waals surface area contributed by atoms with Crippen LogP contribution < -0.4 is 4.90 Å². The number of amides is 1. The fraction of sp³-hybridized carbons (Fsp3) is 0.292. The fourth-order valence-electron chi connectivity index (χ4n) is 3.76. The normalized spacial score (nSPS) is 14.1. The molecule has 6 heteroatoms. The molecule has 0 unspecified atom stereocenters. The van der Waals surface area contributed by atoms with Gasteiger partial charge in [0, 0.05) is 43.0 Å². The number of piperazine rings is 1. The average Bonchev–Trinajstić information content (AvgIpc) is 2.75. The van der Waals surface area contributed by atoms with Crippen molar-refractivity contribution in [3.63, 3.8) is 0 Å². The number of rotatable bonds is 3. The Balaban J connectivity index is 1.55. The third-order valence-electron chi connectivity index (χ3n) is 5.61. The van der Waals surface area contributed by atoms with Gasteiger partial charge in [0.1, 0.15) is 11.6 Å². The molecule has 0 spiro atoms. The molecule has 2 heterocycles. The first-order chi connectivity index (χ1) is 14.4. The lowest BCUT2D eigenvalue weighted by molar-refractivity contribution is 0.0742. The van der Waals surface area contributed by atoms with E-state index in [1.165, 1.54) is 12.1 Å². The number of benzene rings is 2. The van der Waals surface area contributed by atoms with Crippen molar-refractivity contribution in [2.24, 2.45) is 0 Å². The summed E-state index contributed by atoms with van der Waals surface area (Å²) in [4.78, 5) is 26.1. The highest BCUT2D eigenvalue weighted by atomic mass is 19.1. The van der Waals surface area contributed by atoms with E-state index in [0.717, 1.165) is 28.2 Å². The van der Waals surface area contributed by atoms with Gasteiger partial charge in [0.2, 0.25) is 0 Å². The number of aromatic nitrogens is 2. The van der Waals surface area contributed by atoms with E-state index in [4.69, 9.17) is 4.98 Å². The highest BCUT2D eigenvalue weighted by Gasteiger charge is 2.26. The maximum Gasteiger partial charge on any atom is 0.256 e. The minimum Gasteiger partial charge on any atom is -0.353 e. The van der Waals surface area contributed by atoms with Crippen LogP contribution in [0, 0.1) is 26.6 Å². The highest BCUT2D eigenvalue weighted by Crippen LogP contribution is 2.26. The Morgan fingerprint density at radius 1 is 0.933 bits per heavy atom. The molecule has 1 amide bonds. The maximum absolute atomic E-state index is 14.0. The molecule has 0 radical (unpaired) electrons. The lowest BCUT2D eigenvalue weighted by Crippen LogP contribution is -2.49. The van der Waals surface area contributed by atoms with E-state index in [2.05, 4.69) is 28.9 Å². The summed E-state index contributed by atoms with van der Waals surface area (Å²) in [5.74, 6) is 0.873. The number of carbonyl (C=O) groups excluding carboxylic acids is 1. The van der Waals surface area contributed by atoms with Crippen molar-refractivity contribution in [1.29, 1.82) is 0 Å². The van der Waals surface area contributed by atoms with Crippen LogP contribution in [0.2, 0.25) is 0 Å². The van der Waals surface area contributed by atoms with Gasteiger partial charge in [-0.3, -0.25) is 4.79 Å². The predicted molar refractivity (Wildman–Crippen MR) is 116 cm³/mol. The van der Waals surface area contributed by atoms with Gasteiger partial charge in [-0.25, -0.2) is 14.4 Å². The van der Waals surface area contributed by atoms with E-state index >= 15 is 0 Å². The summed E-state index contributed by atoms with van der Waals surface area (Å²) in [6.45, 7) is 8.41. The Labute approximate surface area is 176 Å². The molecule has 0 atom stereocenters. The van der Waals surface area contributed by atoms with Crippen molar-refractivity contribution in [3.8, 4) is 11.4 Å².